The van der Waals surface area contributed by atoms with Gasteiger partial charge in [-0.15, -0.1) is 0 Å². The van der Waals surface area contributed by atoms with E-state index in [0.29, 0.717) is 16.8 Å². The van der Waals surface area contributed by atoms with E-state index in [1.54, 1.807) is 30.5 Å². The first kappa shape index (κ1) is 18.4. The molecule has 2 heterocycles. The van der Waals surface area contributed by atoms with E-state index in [4.69, 9.17) is 5.73 Å². The van der Waals surface area contributed by atoms with E-state index in [1.165, 1.54) is 40.4 Å². The zero-order valence-electron chi connectivity index (χ0n) is 15.5. The van der Waals surface area contributed by atoms with Crippen molar-refractivity contribution < 1.29 is 4.39 Å². The number of hydrogen-bond acceptors (Lipinski definition) is 4. The number of hydrogen-bond donors (Lipinski definition) is 1. The molecule has 0 unspecified atom stereocenters. The van der Waals surface area contributed by atoms with Crippen molar-refractivity contribution in [3.63, 3.8) is 0 Å². The Balaban J connectivity index is 2.02. The van der Waals surface area contributed by atoms with Crippen LogP contribution in [0.5, 0.6) is 0 Å². The highest BCUT2D eigenvalue weighted by Crippen LogP contribution is 2.28. The molecule has 2 aromatic carbocycles. The standard InChI is InChI=1S/C22H17FN4O2/c1-26-21(29)19(20(25-22(26)24)14-6-5-7-16(23)12-14)15-10-11-18(28)27(13-15)17-8-3-2-4-9-17/h2-13H,1H3,(H2,24,25). The molecule has 0 aliphatic rings. The van der Waals surface area contributed by atoms with Crippen molar-refractivity contribution in [1.82, 2.24) is 14.1 Å². The smallest absolute Gasteiger partial charge is 0.263 e. The molecule has 7 heteroatoms. The van der Waals surface area contributed by atoms with Gasteiger partial charge in [0.25, 0.3) is 11.1 Å². The summed E-state index contributed by atoms with van der Waals surface area (Å²) in [5, 5.41) is 0. The first-order valence-corrected chi connectivity index (χ1v) is 8.86. The highest BCUT2D eigenvalue weighted by Gasteiger charge is 2.18. The largest absolute Gasteiger partial charge is 0.369 e. The maximum Gasteiger partial charge on any atom is 0.263 e. The van der Waals surface area contributed by atoms with Crippen LogP contribution in [0, 0.1) is 5.82 Å². The fourth-order valence-corrected chi connectivity index (χ4v) is 3.15. The van der Waals surface area contributed by atoms with Crippen LogP contribution in [0.1, 0.15) is 0 Å². The van der Waals surface area contributed by atoms with Crippen LogP contribution in [-0.4, -0.2) is 14.1 Å². The number of nitrogens with zero attached hydrogens (tertiary/aromatic N) is 3. The monoisotopic (exact) mass is 388 g/mol. The normalized spacial score (nSPS) is 10.8. The number of benzene rings is 2. The Labute approximate surface area is 165 Å². The molecule has 4 aromatic rings. The second kappa shape index (κ2) is 7.20. The first-order chi connectivity index (χ1) is 14.0. The molecule has 0 bridgehead atoms. The summed E-state index contributed by atoms with van der Waals surface area (Å²) >= 11 is 0. The van der Waals surface area contributed by atoms with Crippen molar-refractivity contribution in [3.8, 4) is 28.1 Å². The molecule has 0 fully saturated rings. The van der Waals surface area contributed by atoms with Crippen LogP contribution < -0.4 is 16.9 Å². The van der Waals surface area contributed by atoms with Gasteiger partial charge >= 0.3 is 0 Å². The van der Waals surface area contributed by atoms with E-state index < -0.39 is 11.4 Å². The molecular weight excluding hydrogens is 371 g/mol. The summed E-state index contributed by atoms with van der Waals surface area (Å²) in [5.74, 6) is -0.446. The van der Waals surface area contributed by atoms with Crippen molar-refractivity contribution in [2.24, 2.45) is 7.05 Å². The fraction of sp³-hybridized carbons (Fsp3) is 0.0455. The van der Waals surface area contributed by atoms with Crippen LogP contribution in [0.4, 0.5) is 10.3 Å². The van der Waals surface area contributed by atoms with Gasteiger partial charge in [0.2, 0.25) is 5.95 Å². The lowest BCUT2D eigenvalue weighted by Gasteiger charge is -2.14. The Kier molecular flexibility index (Phi) is 4.56. The van der Waals surface area contributed by atoms with Crippen molar-refractivity contribution >= 4 is 5.95 Å². The third-order valence-electron chi connectivity index (χ3n) is 4.66. The lowest BCUT2D eigenvalue weighted by atomic mass is 10.0. The predicted molar refractivity (Wildman–Crippen MR) is 110 cm³/mol. The molecule has 0 radical (unpaired) electrons. The van der Waals surface area contributed by atoms with Crippen molar-refractivity contribution in [3.05, 3.63) is 99.5 Å². The van der Waals surface area contributed by atoms with E-state index in [2.05, 4.69) is 4.98 Å². The summed E-state index contributed by atoms with van der Waals surface area (Å²) in [4.78, 5) is 29.8. The van der Waals surface area contributed by atoms with Crippen LogP contribution in [0.2, 0.25) is 0 Å². The summed E-state index contributed by atoms with van der Waals surface area (Å²) in [6.45, 7) is 0. The van der Waals surface area contributed by atoms with Crippen LogP contribution in [0.15, 0.2) is 82.5 Å². The van der Waals surface area contributed by atoms with Crippen LogP contribution in [0.3, 0.4) is 0 Å². The molecule has 0 saturated heterocycles. The Morgan fingerprint density at radius 1 is 0.931 bits per heavy atom. The molecule has 144 valence electrons. The Hall–Kier alpha value is -4.00. The molecule has 0 aliphatic heterocycles. The molecule has 2 N–H and O–H groups in total. The van der Waals surface area contributed by atoms with Gasteiger partial charge in [-0.05, 0) is 30.3 Å². The molecule has 4 rings (SSSR count). The summed E-state index contributed by atoms with van der Waals surface area (Å²) in [6, 6.07) is 17.8. The highest BCUT2D eigenvalue weighted by atomic mass is 19.1. The molecule has 0 saturated carbocycles. The van der Waals surface area contributed by atoms with Crippen LogP contribution in [-0.2, 0) is 7.05 Å². The number of rotatable bonds is 3. The highest BCUT2D eigenvalue weighted by molar-refractivity contribution is 5.80. The second-order valence-electron chi connectivity index (χ2n) is 6.53. The number of para-hydroxylation sites is 1. The van der Waals surface area contributed by atoms with Crippen LogP contribution in [0.25, 0.3) is 28.1 Å². The zero-order chi connectivity index (χ0) is 20.5. The summed E-state index contributed by atoms with van der Waals surface area (Å²) in [5.41, 5.74) is 7.29. The van der Waals surface area contributed by atoms with Gasteiger partial charge < -0.3 is 5.73 Å². The third kappa shape index (κ3) is 3.34. The molecule has 6 nitrogen and oxygen atoms in total. The number of aromatic nitrogens is 3. The van der Waals surface area contributed by atoms with E-state index in [0.717, 1.165) is 0 Å². The maximum atomic E-state index is 13.8. The Bertz CT molecular complexity index is 1330. The topological polar surface area (TPSA) is 82.9 Å². The number of anilines is 1. The second-order valence-corrected chi connectivity index (χ2v) is 6.53. The lowest BCUT2D eigenvalue weighted by Crippen LogP contribution is -2.25. The van der Waals surface area contributed by atoms with Gasteiger partial charge in [-0.3, -0.25) is 18.7 Å². The maximum absolute atomic E-state index is 13.8. The van der Waals surface area contributed by atoms with Crippen molar-refractivity contribution in [1.29, 1.82) is 0 Å². The number of nitrogens with two attached hydrogens (primary N) is 1. The van der Waals surface area contributed by atoms with Crippen molar-refractivity contribution in [2.75, 3.05) is 5.73 Å². The molecule has 0 atom stereocenters. The summed E-state index contributed by atoms with van der Waals surface area (Å²) < 4.78 is 16.5. The van der Waals surface area contributed by atoms with Gasteiger partial charge in [-0.2, -0.15) is 0 Å². The Morgan fingerprint density at radius 3 is 2.41 bits per heavy atom. The molecule has 29 heavy (non-hydrogen) atoms. The molecule has 0 aliphatic carbocycles. The number of nitrogen functional groups attached to an aromatic ring is 1. The summed E-state index contributed by atoms with van der Waals surface area (Å²) in [6.07, 6.45) is 1.58. The minimum atomic E-state index is -0.455. The van der Waals surface area contributed by atoms with Gasteiger partial charge in [-0.1, -0.05) is 30.3 Å². The van der Waals surface area contributed by atoms with Gasteiger partial charge in [0.15, 0.2) is 0 Å². The van der Waals surface area contributed by atoms with E-state index in [-0.39, 0.29) is 22.8 Å². The average Bonchev–Trinajstić information content (AvgIpc) is 2.73. The molecule has 2 aromatic heterocycles. The quantitative estimate of drug-likeness (QED) is 0.585. The van der Waals surface area contributed by atoms with Gasteiger partial charge in [0.05, 0.1) is 11.3 Å². The SMILES string of the molecule is Cn1c(N)nc(-c2cccc(F)c2)c(-c2ccc(=O)n(-c3ccccc3)c2)c1=O. The fourth-order valence-electron chi connectivity index (χ4n) is 3.15. The summed E-state index contributed by atoms with van der Waals surface area (Å²) in [7, 11) is 1.51. The number of pyridine rings is 1. The molecular formula is C22H17FN4O2. The molecule has 0 amide bonds. The van der Waals surface area contributed by atoms with Gasteiger partial charge in [-0.25, -0.2) is 9.37 Å². The van der Waals surface area contributed by atoms with E-state index in [9.17, 15) is 14.0 Å². The minimum Gasteiger partial charge on any atom is -0.369 e. The third-order valence-corrected chi connectivity index (χ3v) is 4.66. The lowest BCUT2D eigenvalue weighted by molar-refractivity contribution is 0.628. The minimum absolute atomic E-state index is 0.00870. The van der Waals surface area contributed by atoms with E-state index >= 15 is 0 Å². The van der Waals surface area contributed by atoms with Gasteiger partial charge in [0, 0.05) is 36.1 Å². The predicted octanol–water partition coefficient (Wildman–Crippen LogP) is 2.99. The van der Waals surface area contributed by atoms with Crippen LogP contribution >= 0.6 is 0 Å². The average molecular weight is 388 g/mol. The Morgan fingerprint density at radius 2 is 1.69 bits per heavy atom. The van der Waals surface area contributed by atoms with Gasteiger partial charge in [0.1, 0.15) is 5.82 Å². The van der Waals surface area contributed by atoms with Crippen molar-refractivity contribution in [2.45, 2.75) is 0 Å². The first-order valence-electron chi connectivity index (χ1n) is 8.86. The number of halogens is 1. The van der Waals surface area contributed by atoms with E-state index in [1.807, 2.05) is 18.2 Å². The zero-order valence-corrected chi connectivity index (χ0v) is 15.5. The molecule has 0 spiro atoms.